The highest BCUT2D eigenvalue weighted by Crippen LogP contribution is 2.24. The van der Waals surface area contributed by atoms with Gasteiger partial charge in [-0.3, -0.25) is 9.59 Å². The van der Waals surface area contributed by atoms with Crippen LogP contribution in [-0.4, -0.2) is 17.4 Å². The number of hydrogen-bond donors (Lipinski definition) is 1. The SMILES string of the molecule is CCC(=O)c1sccc1NC(=O)CCSc1ccccc1. The topological polar surface area (TPSA) is 46.2 Å². The maximum atomic E-state index is 11.9. The van der Waals surface area contributed by atoms with E-state index in [1.54, 1.807) is 17.8 Å². The first-order chi connectivity index (χ1) is 10.2. The summed E-state index contributed by atoms with van der Waals surface area (Å²) in [4.78, 5) is 25.5. The van der Waals surface area contributed by atoms with E-state index in [0.717, 1.165) is 10.6 Å². The molecule has 1 N–H and O–H groups in total. The van der Waals surface area contributed by atoms with Crippen LogP contribution >= 0.6 is 23.1 Å². The van der Waals surface area contributed by atoms with Crippen LogP contribution in [0.1, 0.15) is 29.4 Å². The van der Waals surface area contributed by atoms with Crippen LogP contribution in [0, 0.1) is 0 Å². The van der Waals surface area contributed by atoms with Gasteiger partial charge >= 0.3 is 0 Å². The third-order valence-electron chi connectivity index (χ3n) is 2.85. The summed E-state index contributed by atoms with van der Waals surface area (Å²) in [5.74, 6) is 0.734. The highest BCUT2D eigenvalue weighted by Gasteiger charge is 2.13. The Morgan fingerprint density at radius 3 is 2.67 bits per heavy atom. The van der Waals surface area contributed by atoms with Crippen LogP contribution in [0.3, 0.4) is 0 Å². The molecule has 21 heavy (non-hydrogen) atoms. The molecule has 0 unspecified atom stereocenters. The molecule has 5 heteroatoms. The average Bonchev–Trinajstić information content (AvgIpc) is 2.95. The second-order valence-electron chi connectivity index (χ2n) is 4.40. The van der Waals surface area contributed by atoms with Gasteiger partial charge in [-0.05, 0) is 23.6 Å². The number of carbonyl (C=O) groups is 2. The lowest BCUT2D eigenvalue weighted by molar-refractivity contribution is -0.115. The molecule has 0 aliphatic heterocycles. The fourth-order valence-electron chi connectivity index (χ4n) is 1.78. The fourth-order valence-corrected chi connectivity index (χ4v) is 3.51. The van der Waals surface area contributed by atoms with E-state index in [1.165, 1.54) is 11.3 Å². The van der Waals surface area contributed by atoms with E-state index in [2.05, 4.69) is 5.32 Å². The van der Waals surface area contributed by atoms with Crippen molar-refractivity contribution in [3.05, 3.63) is 46.7 Å². The van der Waals surface area contributed by atoms with Gasteiger partial charge in [0.2, 0.25) is 5.91 Å². The zero-order valence-electron chi connectivity index (χ0n) is 11.8. The smallest absolute Gasteiger partial charge is 0.225 e. The van der Waals surface area contributed by atoms with Crippen LogP contribution < -0.4 is 5.32 Å². The molecule has 0 aliphatic rings. The fraction of sp³-hybridized carbons (Fsp3) is 0.250. The van der Waals surface area contributed by atoms with E-state index in [-0.39, 0.29) is 11.7 Å². The second-order valence-corrected chi connectivity index (χ2v) is 6.48. The van der Waals surface area contributed by atoms with Gasteiger partial charge in [0.1, 0.15) is 0 Å². The van der Waals surface area contributed by atoms with Crippen LogP contribution in [-0.2, 0) is 4.79 Å². The molecule has 0 aliphatic carbocycles. The second kappa shape index (κ2) is 8.00. The van der Waals surface area contributed by atoms with E-state index < -0.39 is 0 Å². The first kappa shape index (κ1) is 15.8. The highest BCUT2D eigenvalue weighted by molar-refractivity contribution is 7.99. The van der Waals surface area contributed by atoms with Crippen LogP contribution in [0.15, 0.2) is 46.7 Å². The standard InChI is InChI=1S/C16H17NO2S2/c1-2-14(18)16-13(8-10-21-16)17-15(19)9-11-20-12-6-4-3-5-7-12/h3-8,10H,2,9,11H2,1H3,(H,17,19). The molecule has 0 bridgehead atoms. The molecule has 0 atom stereocenters. The van der Waals surface area contributed by atoms with Gasteiger partial charge in [0.25, 0.3) is 0 Å². The Hall–Kier alpha value is -1.59. The van der Waals surface area contributed by atoms with E-state index in [1.807, 2.05) is 42.6 Å². The van der Waals surface area contributed by atoms with Crippen molar-refractivity contribution in [3.63, 3.8) is 0 Å². The number of amides is 1. The highest BCUT2D eigenvalue weighted by atomic mass is 32.2. The van der Waals surface area contributed by atoms with Crippen molar-refractivity contribution in [1.82, 2.24) is 0 Å². The van der Waals surface area contributed by atoms with Gasteiger partial charge in [0.15, 0.2) is 5.78 Å². The van der Waals surface area contributed by atoms with Crippen molar-refractivity contribution in [2.45, 2.75) is 24.7 Å². The van der Waals surface area contributed by atoms with E-state index in [4.69, 9.17) is 0 Å². The number of Topliss-reactive ketones (excluding diaryl/α,β-unsaturated/α-hetero) is 1. The molecular formula is C16H17NO2S2. The van der Waals surface area contributed by atoms with E-state index in [0.29, 0.717) is 23.4 Å². The summed E-state index contributed by atoms with van der Waals surface area (Å²) in [5.41, 5.74) is 0.640. The lowest BCUT2D eigenvalue weighted by atomic mass is 10.2. The largest absolute Gasteiger partial charge is 0.325 e. The molecule has 1 aromatic carbocycles. The van der Waals surface area contributed by atoms with Crippen molar-refractivity contribution < 1.29 is 9.59 Å². The van der Waals surface area contributed by atoms with Gasteiger partial charge in [-0.2, -0.15) is 0 Å². The number of carbonyl (C=O) groups excluding carboxylic acids is 2. The third-order valence-corrected chi connectivity index (χ3v) is 4.82. The van der Waals surface area contributed by atoms with Gasteiger partial charge < -0.3 is 5.32 Å². The lowest BCUT2D eigenvalue weighted by Gasteiger charge is -2.05. The summed E-state index contributed by atoms with van der Waals surface area (Å²) in [7, 11) is 0. The molecule has 0 radical (unpaired) electrons. The molecule has 0 saturated heterocycles. The van der Waals surface area contributed by atoms with Crippen LogP contribution in [0.4, 0.5) is 5.69 Å². The van der Waals surface area contributed by atoms with Crippen molar-refractivity contribution in [3.8, 4) is 0 Å². The van der Waals surface area contributed by atoms with Gasteiger partial charge in [-0.25, -0.2) is 0 Å². The Morgan fingerprint density at radius 2 is 1.95 bits per heavy atom. The van der Waals surface area contributed by atoms with Crippen LogP contribution in [0.2, 0.25) is 0 Å². The first-order valence-corrected chi connectivity index (χ1v) is 8.65. The van der Waals surface area contributed by atoms with Crippen molar-refractivity contribution in [2.24, 2.45) is 0 Å². The van der Waals surface area contributed by atoms with Crippen LogP contribution in [0.5, 0.6) is 0 Å². The Labute approximate surface area is 132 Å². The zero-order chi connectivity index (χ0) is 15.1. The minimum absolute atomic E-state index is 0.0537. The number of thioether (sulfide) groups is 1. The summed E-state index contributed by atoms with van der Waals surface area (Å²) in [6.45, 7) is 1.82. The number of thiophene rings is 1. The number of ketones is 1. The summed E-state index contributed by atoms with van der Waals surface area (Å²) in [5, 5.41) is 4.66. The summed E-state index contributed by atoms with van der Waals surface area (Å²) < 4.78 is 0. The molecule has 2 rings (SSSR count). The van der Waals surface area contributed by atoms with Gasteiger partial charge in [0.05, 0.1) is 10.6 Å². The normalized spacial score (nSPS) is 10.3. The van der Waals surface area contributed by atoms with Crippen molar-refractivity contribution in [2.75, 3.05) is 11.1 Å². The average molecular weight is 319 g/mol. The molecule has 0 saturated carbocycles. The monoisotopic (exact) mass is 319 g/mol. The van der Waals surface area contributed by atoms with Gasteiger partial charge in [-0.1, -0.05) is 25.1 Å². The molecular weight excluding hydrogens is 302 g/mol. The minimum atomic E-state index is -0.0537. The Kier molecular flexibility index (Phi) is 6.02. The minimum Gasteiger partial charge on any atom is -0.325 e. The first-order valence-electron chi connectivity index (χ1n) is 6.79. The maximum Gasteiger partial charge on any atom is 0.225 e. The van der Waals surface area contributed by atoms with Crippen molar-refractivity contribution >= 4 is 40.5 Å². The molecule has 110 valence electrons. The quantitative estimate of drug-likeness (QED) is 0.605. The predicted octanol–water partition coefficient (Wildman–Crippen LogP) is 4.46. The molecule has 2 aromatic rings. The number of nitrogens with one attached hydrogen (secondary N) is 1. The summed E-state index contributed by atoms with van der Waals surface area (Å²) >= 11 is 3.03. The predicted molar refractivity (Wildman–Crippen MR) is 89.4 cm³/mol. The van der Waals surface area contributed by atoms with E-state index in [9.17, 15) is 9.59 Å². The van der Waals surface area contributed by atoms with Gasteiger partial charge in [-0.15, -0.1) is 23.1 Å². The van der Waals surface area contributed by atoms with E-state index >= 15 is 0 Å². The Balaban J connectivity index is 1.82. The Morgan fingerprint density at radius 1 is 1.19 bits per heavy atom. The Bertz CT molecular complexity index is 608. The van der Waals surface area contributed by atoms with Crippen LogP contribution in [0.25, 0.3) is 0 Å². The maximum absolute atomic E-state index is 11.9. The molecule has 1 amide bonds. The molecule has 0 spiro atoms. The summed E-state index contributed by atoms with van der Waals surface area (Å²) in [6.07, 6.45) is 0.877. The number of anilines is 1. The zero-order valence-corrected chi connectivity index (χ0v) is 13.4. The molecule has 3 nitrogen and oxygen atoms in total. The molecule has 1 heterocycles. The molecule has 0 fully saturated rings. The molecule has 1 aromatic heterocycles. The summed E-state index contributed by atoms with van der Waals surface area (Å²) in [6, 6.07) is 11.8. The number of benzene rings is 1. The third kappa shape index (κ3) is 4.72. The lowest BCUT2D eigenvalue weighted by Crippen LogP contribution is -2.13. The van der Waals surface area contributed by atoms with Gasteiger partial charge in [0, 0.05) is 23.5 Å². The van der Waals surface area contributed by atoms with Crippen molar-refractivity contribution in [1.29, 1.82) is 0 Å². The number of hydrogen-bond acceptors (Lipinski definition) is 4. The number of rotatable bonds is 7.